The zero-order valence-corrected chi connectivity index (χ0v) is 18.4. The number of nitrogens with zero attached hydrogens (tertiary/aromatic N) is 2. The Balaban J connectivity index is 1.51. The molecular weight excluding hydrogens is 419 g/mol. The average Bonchev–Trinajstić information content (AvgIpc) is 3.27. The Kier molecular flexibility index (Phi) is 4.65. The minimum absolute atomic E-state index is 0.0187. The summed E-state index contributed by atoms with van der Waals surface area (Å²) < 4.78 is 19.1. The first-order chi connectivity index (χ1) is 15.7. The molecule has 3 aromatic carbocycles. The standard InChI is InChI=1S/C27H21FN2OS/c1-31-21-13-8-18(9-14-21)24-16-32-27-29-25-22-5-3-2-4-17(22)10-15-23(25)26(30(24)27)19-6-11-20(28)12-7-19/h2-9,11-14,16,26H,10,15H2,1H3. The number of amidine groups is 1. The van der Waals surface area contributed by atoms with E-state index in [1.165, 1.54) is 16.7 Å². The fraction of sp³-hybridized carbons (Fsp3) is 0.148. The number of rotatable bonds is 3. The van der Waals surface area contributed by atoms with Crippen LogP contribution in [0.25, 0.3) is 11.4 Å². The molecule has 0 aromatic heterocycles. The van der Waals surface area contributed by atoms with E-state index in [4.69, 9.17) is 9.73 Å². The van der Waals surface area contributed by atoms with Gasteiger partial charge in [0.2, 0.25) is 0 Å². The van der Waals surface area contributed by atoms with Crippen molar-refractivity contribution < 1.29 is 9.13 Å². The predicted octanol–water partition coefficient (Wildman–Crippen LogP) is 6.65. The quantitative estimate of drug-likeness (QED) is 0.456. The Morgan fingerprint density at radius 2 is 1.75 bits per heavy atom. The summed E-state index contributed by atoms with van der Waals surface area (Å²) in [6, 6.07) is 23.6. The molecular formula is C27H21FN2OS. The lowest BCUT2D eigenvalue weighted by Crippen LogP contribution is -2.34. The number of aryl methyl sites for hydroxylation is 1. The highest BCUT2D eigenvalue weighted by Crippen LogP contribution is 2.51. The number of fused-ring (bicyclic) bond motifs is 3. The summed E-state index contributed by atoms with van der Waals surface area (Å²) >= 11 is 1.65. The first-order valence-corrected chi connectivity index (χ1v) is 11.6. The maximum atomic E-state index is 13.8. The second-order valence-corrected chi connectivity index (χ2v) is 8.94. The highest BCUT2D eigenvalue weighted by atomic mass is 32.2. The second-order valence-electron chi connectivity index (χ2n) is 8.10. The van der Waals surface area contributed by atoms with Crippen LogP contribution >= 0.6 is 11.8 Å². The van der Waals surface area contributed by atoms with Crippen molar-refractivity contribution in [2.45, 2.75) is 18.9 Å². The second kappa shape index (κ2) is 7.68. The van der Waals surface area contributed by atoms with Crippen molar-refractivity contribution in [2.24, 2.45) is 4.99 Å². The smallest absolute Gasteiger partial charge is 0.174 e. The Morgan fingerprint density at radius 1 is 0.969 bits per heavy atom. The van der Waals surface area contributed by atoms with Gasteiger partial charge in [-0.25, -0.2) is 9.38 Å². The van der Waals surface area contributed by atoms with Gasteiger partial charge in [-0.3, -0.25) is 0 Å². The van der Waals surface area contributed by atoms with E-state index in [1.54, 1.807) is 31.0 Å². The van der Waals surface area contributed by atoms with Crippen LogP contribution in [0.1, 0.15) is 34.7 Å². The number of aliphatic imine (C=N–C) groups is 1. The molecule has 1 aliphatic carbocycles. The Bertz CT molecular complexity index is 1290. The van der Waals surface area contributed by atoms with Gasteiger partial charge in [-0.2, -0.15) is 0 Å². The molecule has 0 fully saturated rings. The van der Waals surface area contributed by atoms with E-state index in [0.717, 1.165) is 46.3 Å². The topological polar surface area (TPSA) is 24.8 Å². The van der Waals surface area contributed by atoms with Crippen molar-refractivity contribution >= 4 is 28.3 Å². The molecule has 0 radical (unpaired) electrons. The van der Waals surface area contributed by atoms with Gasteiger partial charge in [0.05, 0.1) is 24.5 Å². The number of methoxy groups -OCH3 is 1. The van der Waals surface area contributed by atoms with Crippen LogP contribution in [0, 0.1) is 5.82 Å². The van der Waals surface area contributed by atoms with Crippen LogP contribution in [-0.4, -0.2) is 17.2 Å². The van der Waals surface area contributed by atoms with Gasteiger partial charge in [0.25, 0.3) is 0 Å². The average molecular weight is 441 g/mol. The first-order valence-electron chi connectivity index (χ1n) is 10.7. The molecule has 1 atom stereocenters. The van der Waals surface area contributed by atoms with Gasteiger partial charge in [-0.05, 0) is 71.5 Å². The van der Waals surface area contributed by atoms with Gasteiger partial charge in [0.15, 0.2) is 5.17 Å². The maximum Gasteiger partial charge on any atom is 0.174 e. The third kappa shape index (κ3) is 3.07. The van der Waals surface area contributed by atoms with E-state index in [1.807, 2.05) is 24.3 Å². The van der Waals surface area contributed by atoms with Crippen molar-refractivity contribution in [1.29, 1.82) is 0 Å². The largest absolute Gasteiger partial charge is 0.497 e. The number of hydrogen-bond donors (Lipinski definition) is 0. The number of ether oxygens (including phenoxy) is 1. The molecule has 3 aliphatic rings. The van der Waals surface area contributed by atoms with Gasteiger partial charge < -0.3 is 9.64 Å². The third-order valence-electron chi connectivity index (χ3n) is 6.35. The Hall–Kier alpha value is -3.31. The third-order valence-corrected chi connectivity index (χ3v) is 7.19. The summed E-state index contributed by atoms with van der Waals surface area (Å²) in [5, 5.41) is 3.13. The van der Waals surface area contributed by atoms with Crippen molar-refractivity contribution in [3.05, 3.63) is 112 Å². The van der Waals surface area contributed by atoms with Crippen molar-refractivity contribution in [3.63, 3.8) is 0 Å². The van der Waals surface area contributed by atoms with Gasteiger partial charge in [-0.1, -0.05) is 48.2 Å². The van der Waals surface area contributed by atoms with E-state index >= 15 is 0 Å². The number of halogens is 1. The molecule has 0 saturated carbocycles. The number of benzene rings is 3. The fourth-order valence-corrected chi connectivity index (χ4v) is 5.73. The number of hydrogen-bond acceptors (Lipinski definition) is 4. The Morgan fingerprint density at radius 3 is 2.53 bits per heavy atom. The molecule has 158 valence electrons. The van der Waals surface area contributed by atoms with E-state index in [2.05, 4.69) is 46.7 Å². The molecule has 3 aromatic rings. The lowest BCUT2D eigenvalue weighted by molar-refractivity contribution is 0.414. The summed E-state index contributed by atoms with van der Waals surface area (Å²) in [5.74, 6) is 0.611. The SMILES string of the molecule is COc1ccc(C2=CSC3=NC4=C(CCc5ccccc54)C(c4ccc(F)cc4)N23)cc1. The van der Waals surface area contributed by atoms with Crippen LogP contribution in [0.5, 0.6) is 5.75 Å². The van der Waals surface area contributed by atoms with Crippen molar-refractivity contribution in [1.82, 2.24) is 4.90 Å². The van der Waals surface area contributed by atoms with Crippen LogP contribution < -0.4 is 4.74 Å². The van der Waals surface area contributed by atoms with Gasteiger partial charge in [0, 0.05) is 11.0 Å². The monoisotopic (exact) mass is 440 g/mol. The molecule has 1 unspecified atom stereocenters. The first kappa shape index (κ1) is 19.4. The molecule has 0 N–H and O–H groups in total. The zero-order chi connectivity index (χ0) is 21.7. The zero-order valence-electron chi connectivity index (χ0n) is 17.6. The minimum atomic E-state index is -0.219. The lowest BCUT2D eigenvalue weighted by Gasteiger charge is -2.39. The number of thioether (sulfide) groups is 1. The summed E-state index contributed by atoms with van der Waals surface area (Å²) in [5.41, 5.74) is 8.21. The van der Waals surface area contributed by atoms with Crippen LogP contribution in [0.15, 0.2) is 88.8 Å². The van der Waals surface area contributed by atoms with Gasteiger partial charge >= 0.3 is 0 Å². The summed E-state index contributed by atoms with van der Waals surface area (Å²) in [4.78, 5) is 7.46. The molecule has 3 nitrogen and oxygen atoms in total. The summed E-state index contributed by atoms with van der Waals surface area (Å²) in [6.07, 6.45) is 1.92. The summed E-state index contributed by atoms with van der Waals surface area (Å²) in [7, 11) is 1.68. The van der Waals surface area contributed by atoms with Crippen LogP contribution in [0.4, 0.5) is 4.39 Å². The maximum absolute atomic E-state index is 13.8. The molecule has 0 bridgehead atoms. The van der Waals surface area contributed by atoms with Crippen LogP contribution in [-0.2, 0) is 6.42 Å². The predicted molar refractivity (Wildman–Crippen MR) is 129 cm³/mol. The molecule has 6 rings (SSSR count). The van der Waals surface area contributed by atoms with Gasteiger partial charge in [-0.15, -0.1) is 0 Å². The van der Waals surface area contributed by atoms with Crippen LogP contribution in [0.3, 0.4) is 0 Å². The highest BCUT2D eigenvalue weighted by molar-refractivity contribution is 8.16. The molecule has 2 aliphatic heterocycles. The van der Waals surface area contributed by atoms with E-state index < -0.39 is 0 Å². The van der Waals surface area contributed by atoms with Gasteiger partial charge in [0.1, 0.15) is 11.6 Å². The van der Waals surface area contributed by atoms with E-state index in [-0.39, 0.29) is 11.9 Å². The molecule has 0 amide bonds. The molecule has 32 heavy (non-hydrogen) atoms. The summed E-state index contributed by atoms with van der Waals surface area (Å²) in [6.45, 7) is 0. The molecule has 2 heterocycles. The fourth-order valence-electron chi connectivity index (χ4n) is 4.80. The highest BCUT2D eigenvalue weighted by Gasteiger charge is 2.40. The Labute approximate surface area is 190 Å². The normalized spacial score (nSPS) is 19.1. The van der Waals surface area contributed by atoms with Crippen molar-refractivity contribution in [3.8, 4) is 5.75 Å². The lowest BCUT2D eigenvalue weighted by atomic mass is 9.82. The molecule has 5 heteroatoms. The minimum Gasteiger partial charge on any atom is -0.497 e. The molecule has 0 saturated heterocycles. The van der Waals surface area contributed by atoms with E-state index in [0.29, 0.717) is 0 Å². The van der Waals surface area contributed by atoms with E-state index in [9.17, 15) is 4.39 Å². The van der Waals surface area contributed by atoms with Crippen molar-refractivity contribution in [2.75, 3.05) is 7.11 Å². The van der Waals surface area contributed by atoms with Crippen LogP contribution in [0.2, 0.25) is 0 Å². The molecule has 0 spiro atoms.